The van der Waals surface area contributed by atoms with E-state index >= 15 is 0 Å². The van der Waals surface area contributed by atoms with Crippen LogP contribution in [0.1, 0.15) is 36.5 Å². The molecule has 0 aliphatic carbocycles. The summed E-state index contributed by atoms with van der Waals surface area (Å²) >= 11 is 0. The number of carbonyl (C=O) groups excluding carboxylic acids is 1. The molecule has 2 aliphatic rings. The van der Waals surface area contributed by atoms with Crippen LogP contribution >= 0.6 is 0 Å². The van der Waals surface area contributed by atoms with Crippen LogP contribution in [0.25, 0.3) is 0 Å². The number of epoxide rings is 2. The Morgan fingerprint density at radius 3 is 2.21 bits per heavy atom. The van der Waals surface area contributed by atoms with Crippen LogP contribution in [0.2, 0.25) is 0 Å². The fourth-order valence-corrected chi connectivity index (χ4v) is 2.85. The lowest BCUT2D eigenvalue weighted by Gasteiger charge is -2.09. The highest BCUT2D eigenvalue weighted by molar-refractivity contribution is 5.91. The van der Waals surface area contributed by atoms with Gasteiger partial charge in [0.1, 0.15) is 17.2 Å². The van der Waals surface area contributed by atoms with Crippen molar-refractivity contribution >= 4 is 5.97 Å². The second-order valence-electron chi connectivity index (χ2n) is 7.67. The first kappa shape index (κ1) is 19.7. The van der Waals surface area contributed by atoms with Crippen molar-refractivity contribution in [3.8, 4) is 17.2 Å². The van der Waals surface area contributed by atoms with Crippen molar-refractivity contribution in [3.63, 3.8) is 0 Å². The van der Waals surface area contributed by atoms with Gasteiger partial charge in [0, 0.05) is 6.42 Å². The SMILES string of the molecule is CC1(CCOc2ccc(C(=O)Oc3ccc(OCCCC4CO4)cc3)cc2)CO1. The van der Waals surface area contributed by atoms with Crippen molar-refractivity contribution in [2.75, 3.05) is 26.4 Å². The molecule has 0 radical (unpaired) electrons. The highest BCUT2D eigenvalue weighted by Gasteiger charge is 2.38. The molecule has 4 rings (SSSR count). The van der Waals surface area contributed by atoms with Crippen molar-refractivity contribution in [1.82, 2.24) is 0 Å². The van der Waals surface area contributed by atoms with E-state index in [9.17, 15) is 4.79 Å². The van der Waals surface area contributed by atoms with Gasteiger partial charge in [-0.25, -0.2) is 4.79 Å². The lowest BCUT2D eigenvalue weighted by molar-refractivity contribution is 0.0734. The van der Waals surface area contributed by atoms with E-state index in [1.165, 1.54) is 0 Å². The monoisotopic (exact) mass is 398 g/mol. The van der Waals surface area contributed by atoms with Gasteiger partial charge in [0.2, 0.25) is 0 Å². The molecule has 29 heavy (non-hydrogen) atoms. The van der Waals surface area contributed by atoms with Crippen LogP contribution in [0.5, 0.6) is 17.2 Å². The summed E-state index contributed by atoms with van der Waals surface area (Å²) in [6.45, 7) is 4.98. The number of rotatable bonds is 11. The van der Waals surface area contributed by atoms with E-state index in [0.29, 0.717) is 30.6 Å². The zero-order chi connectivity index (χ0) is 20.1. The van der Waals surface area contributed by atoms with Gasteiger partial charge in [0.05, 0.1) is 43.7 Å². The van der Waals surface area contributed by atoms with E-state index in [1.807, 2.05) is 0 Å². The number of hydrogen-bond acceptors (Lipinski definition) is 6. The number of esters is 1. The molecular formula is C23H26O6. The Balaban J connectivity index is 1.20. The average Bonchev–Trinajstić information content (AvgIpc) is 3.66. The lowest BCUT2D eigenvalue weighted by Crippen LogP contribution is -2.11. The zero-order valence-electron chi connectivity index (χ0n) is 16.6. The smallest absolute Gasteiger partial charge is 0.343 e. The molecule has 2 aromatic carbocycles. The first-order chi connectivity index (χ1) is 14.1. The van der Waals surface area contributed by atoms with E-state index in [0.717, 1.165) is 44.0 Å². The van der Waals surface area contributed by atoms with Gasteiger partial charge in [0.25, 0.3) is 0 Å². The lowest BCUT2D eigenvalue weighted by atomic mass is 10.1. The van der Waals surface area contributed by atoms with Gasteiger partial charge >= 0.3 is 5.97 Å². The predicted molar refractivity (Wildman–Crippen MR) is 107 cm³/mol. The Labute approximate surface area is 170 Å². The largest absolute Gasteiger partial charge is 0.494 e. The third-order valence-electron chi connectivity index (χ3n) is 5.00. The van der Waals surface area contributed by atoms with Crippen LogP contribution < -0.4 is 14.2 Å². The van der Waals surface area contributed by atoms with Crippen LogP contribution in [-0.4, -0.2) is 44.1 Å². The second kappa shape index (κ2) is 8.84. The first-order valence-corrected chi connectivity index (χ1v) is 10.0. The van der Waals surface area contributed by atoms with Gasteiger partial charge in [-0.05, 0) is 68.3 Å². The van der Waals surface area contributed by atoms with Crippen LogP contribution in [0.4, 0.5) is 0 Å². The van der Waals surface area contributed by atoms with Crippen molar-refractivity contribution < 1.29 is 28.5 Å². The fraction of sp³-hybridized carbons (Fsp3) is 0.435. The van der Waals surface area contributed by atoms with E-state index in [4.69, 9.17) is 23.7 Å². The van der Waals surface area contributed by atoms with Crippen molar-refractivity contribution in [1.29, 1.82) is 0 Å². The Bertz CT molecular complexity index is 806. The molecule has 154 valence electrons. The summed E-state index contributed by atoms with van der Waals surface area (Å²) in [5, 5.41) is 0. The molecule has 0 N–H and O–H groups in total. The van der Waals surface area contributed by atoms with E-state index in [-0.39, 0.29) is 5.60 Å². The Morgan fingerprint density at radius 2 is 1.59 bits per heavy atom. The molecule has 6 nitrogen and oxygen atoms in total. The fourth-order valence-electron chi connectivity index (χ4n) is 2.85. The van der Waals surface area contributed by atoms with Gasteiger partial charge in [0.15, 0.2) is 0 Å². The van der Waals surface area contributed by atoms with Gasteiger partial charge < -0.3 is 23.7 Å². The van der Waals surface area contributed by atoms with Crippen molar-refractivity contribution in [3.05, 3.63) is 54.1 Å². The molecule has 0 amide bonds. The van der Waals surface area contributed by atoms with Crippen LogP contribution in [0, 0.1) is 0 Å². The van der Waals surface area contributed by atoms with Crippen molar-refractivity contribution in [2.24, 2.45) is 0 Å². The minimum absolute atomic E-state index is 0.0180. The average molecular weight is 398 g/mol. The Hall–Kier alpha value is -2.57. The molecule has 2 heterocycles. The molecule has 2 aliphatic heterocycles. The maximum atomic E-state index is 12.3. The summed E-state index contributed by atoms with van der Waals surface area (Å²) in [5.74, 6) is 1.55. The van der Waals surface area contributed by atoms with E-state index in [1.54, 1.807) is 48.5 Å². The standard InChI is InChI=1S/C23H26O6/c1-23(16-28-23)12-14-26-18-6-4-17(5-7-18)22(24)29-20-10-8-19(9-11-20)25-13-2-3-21-15-27-21/h4-11,21H,2-3,12-16H2,1H3. The molecular weight excluding hydrogens is 372 g/mol. The van der Waals surface area contributed by atoms with Crippen molar-refractivity contribution in [2.45, 2.75) is 37.9 Å². The third-order valence-corrected chi connectivity index (χ3v) is 5.00. The van der Waals surface area contributed by atoms with Crippen LogP contribution in [0.15, 0.2) is 48.5 Å². The topological polar surface area (TPSA) is 69.8 Å². The highest BCUT2D eigenvalue weighted by atomic mass is 16.6. The van der Waals surface area contributed by atoms with E-state index < -0.39 is 5.97 Å². The molecule has 0 aromatic heterocycles. The van der Waals surface area contributed by atoms with E-state index in [2.05, 4.69) is 6.92 Å². The molecule has 0 spiro atoms. The van der Waals surface area contributed by atoms with Gasteiger partial charge in [-0.15, -0.1) is 0 Å². The molecule has 0 bridgehead atoms. The molecule has 2 aromatic rings. The minimum Gasteiger partial charge on any atom is -0.494 e. The zero-order valence-corrected chi connectivity index (χ0v) is 16.6. The van der Waals surface area contributed by atoms with Crippen LogP contribution in [0.3, 0.4) is 0 Å². The van der Waals surface area contributed by atoms with Crippen LogP contribution in [-0.2, 0) is 9.47 Å². The van der Waals surface area contributed by atoms with Gasteiger partial charge in [-0.1, -0.05) is 0 Å². The van der Waals surface area contributed by atoms with Gasteiger partial charge in [-0.2, -0.15) is 0 Å². The summed E-state index contributed by atoms with van der Waals surface area (Å²) in [6.07, 6.45) is 3.29. The summed E-state index contributed by atoms with van der Waals surface area (Å²) < 4.78 is 27.3. The molecule has 2 saturated heterocycles. The molecule has 0 saturated carbocycles. The third kappa shape index (κ3) is 6.21. The molecule has 2 atom stereocenters. The maximum Gasteiger partial charge on any atom is 0.343 e. The second-order valence-corrected chi connectivity index (χ2v) is 7.67. The summed E-state index contributed by atoms with van der Waals surface area (Å²) in [4.78, 5) is 12.3. The number of benzene rings is 2. The number of hydrogen-bond donors (Lipinski definition) is 0. The quantitative estimate of drug-likeness (QED) is 0.246. The Morgan fingerprint density at radius 1 is 1.00 bits per heavy atom. The number of ether oxygens (including phenoxy) is 5. The summed E-state index contributed by atoms with van der Waals surface area (Å²) in [7, 11) is 0. The summed E-state index contributed by atoms with van der Waals surface area (Å²) in [6, 6.07) is 14.0. The first-order valence-electron chi connectivity index (χ1n) is 10.0. The predicted octanol–water partition coefficient (Wildman–Crippen LogP) is 4.02. The molecule has 6 heteroatoms. The van der Waals surface area contributed by atoms with Gasteiger partial charge in [-0.3, -0.25) is 0 Å². The maximum absolute atomic E-state index is 12.3. The molecule has 2 fully saturated rings. The number of carbonyl (C=O) groups is 1. The normalized spacial score (nSPS) is 22.0. The minimum atomic E-state index is -0.409. The highest BCUT2D eigenvalue weighted by Crippen LogP contribution is 2.29. The molecule has 2 unspecified atom stereocenters. The Kier molecular flexibility index (Phi) is 6.02. The summed E-state index contributed by atoms with van der Waals surface area (Å²) in [5.41, 5.74) is 0.452.